The number of hydrogen-bond donors (Lipinski definition) is 1. The molecular weight excluding hydrogens is 959 g/mol. The van der Waals surface area contributed by atoms with E-state index < -0.39 is 0 Å². The average Bonchev–Trinajstić information content (AvgIpc) is 4.17. The summed E-state index contributed by atoms with van der Waals surface area (Å²) >= 11 is 0. The SMILES string of the molecule is CC.CCOC=O.CCOC=O.CN1CC2(CCC(N3CCN(c4cc(F)cnc4-c4ccc5c(c4)nnn5C)CC3)C2)C1.CN1CC2(CCC(N3CCN(c4cc(F)cnc4-c4ccnc(N=CN)c4)CC3)C2)C1. The molecule has 2 N–H and O–H groups in total. The van der Waals surface area contributed by atoms with Crippen LogP contribution in [0.15, 0.2) is 66.0 Å². The summed E-state index contributed by atoms with van der Waals surface area (Å²) < 4.78 is 38.4. The standard InChI is InChI=1S/C24H30FN7.C23H30FN7.2C3H6O2.C2H6/c1-29-15-24(16-29)6-5-19(13-24)31-7-9-32(10-8-31)22-12-18(25)14-26-23(22)17-3-4-21-20(11-17)27-28-30(21)2;1-29-14-23(15-29)4-2-19(12-23)30-6-8-31(9-7-30)20-11-18(24)13-27-22(20)17-3-5-26-21(10-17)28-16-25;2*1-2-5-3-4;1-2/h3-4,11-12,14,19H,5-10,13,15-16H2,1-2H3;3,5,10-11,13,16,19H,2,4,6-9,12,14-15H2,1H3,(H2,25,26,28);2*3H,2H2,1H3;1-2H3. The van der Waals surface area contributed by atoms with E-state index in [1.165, 1.54) is 83.4 Å². The molecule has 2 atom stereocenters. The second-order valence-electron chi connectivity index (χ2n) is 20.4. The molecule has 5 aromatic rings. The zero-order valence-corrected chi connectivity index (χ0v) is 45.1. The third kappa shape index (κ3) is 14.0. The fraction of sp³-hybridized carbons (Fsp3) is 0.564. The maximum absolute atomic E-state index is 14.2. The van der Waals surface area contributed by atoms with E-state index in [-0.39, 0.29) is 11.6 Å². The summed E-state index contributed by atoms with van der Waals surface area (Å²) in [5, 5.41) is 8.33. The van der Waals surface area contributed by atoms with E-state index in [9.17, 15) is 18.4 Å². The number of aryl methyl sites for hydroxylation is 1. The topological polar surface area (TPSA) is 180 Å². The summed E-state index contributed by atoms with van der Waals surface area (Å²) in [6, 6.07) is 14.4. The number of benzene rings is 1. The predicted octanol–water partition coefficient (Wildman–Crippen LogP) is 6.67. The number of carbonyl (C=O) groups excluding carboxylic acids is 2. The third-order valence-corrected chi connectivity index (χ3v) is 15.4. The molecule has 2 aliphatic carbocycles. The predicted molar refractivity (Wildman–Crippen MR) is 291 cm³/mol. The van der Waals surface area contributed by atoms with Crippen molar-refractivity contribution in [3.63, 3.8) is 0 Å². The zero-order chi connectivity index (χ0) is 53.5. The molecule has 8 heterocycles. The second kappa shape index (κ2) is 26.5. The minimum absolute atomic E-state index is 0.293. The normalized spacial score (nSPS) is 21.1. The van der Waals surface area contributed by atoms with Gasteiger partial charge in [-0.2, -0.15) is 0 Å². The molecule has 11 rings (SSSR count). The first kappa shape index (κ1) is 56.5. The summed E-state index contributed by atoms with van der Waals surface area (Å²) in [7, 11) is 6.33. The Balaban J connectivity index is 0.000000181. The van der Waals surface area contributed by atoms with Crippen molar-refractivity contribution in [1.29, 1.82) is 0 Å². The van der Waals surface area contributed by atoms with Gasteiger partial charge < -0.3 is 34.8 Å². The van der Waals surface area contributed by atoms with Crippen LogP contribution in [0.3, 0.4) is 0 Å². The molecule has 2 saturated carbocycles. The molecule has 0 bridgehead atoms. The van der Waals surface area contributed by atoms with Gasteiger partial charge in [0.05, 0.1) is 60.2 Å². The van der Waals surface area contributed by atoms with E-state index in [0.717, 1.165) is 97.3 Å². The van der Waals surface area contributed by atoms with Crippen LogP contribution in [0.4, 0.5) is 26.0 Å². The van der Waals surface area contributed by atoms with Crippen molar-refractivity contribution >= 4 is 47.5 Å². The van der Waals surface area contributed by atoms with Crippen LogP contribution in [-0.2, 0) is 26.1 Å². The fourth-order valence-electron chi connectivity index (χ4n) is 12.2. The highest BCUT2D eigenvalue weighted by Gasteiger charge is 2.49. The number of rotatable bonds is 11. The quantitative estimate of drug-likeness (QED) is 0.0842. The van der Waals surface area contributed by atoms with Gasteiger partial charge in [-0.1, -0.05) is 25.1 Å². The number of anilines is 2. The highest BCUT2D eigenvalue weighted by atomic mass is 19.1. The number of aliphatic imine (C=N–C) groups is 1. The lowest BCUT2D eigenvalue weighted by atomic mass is 9.78. The van der Waals surface area contributed by atoms with Crippen molar-refractivity contribution in [3.8, 4) is 22.5 Å². The van der Waals surface area contributed by atoms with Crippen molar-refractivity contribution < 1.29 is 27.8 Å². The molecule has 4 aromatic heterocycles. The van der Waals surface area contributed by atoms with Gasteiger partial charge in [0.25, 0.3) is 12.9 Å². The summed E-state index contributed by atoms with van der Waals surface area (Å²) in [5.74, 6) is -0.0976. The van der Waals surface area contributed by atoms with Crippen LogP contribution in [0.2, 0.25) is 0 Å². The minimum Gasteiger partial charge on any atom is -0.468 e. The van der Waals surface area contributed by atoms with Crippen LogP contribution in [0.1, 0.15) is 66.2 Å². The molecular formula is C55H78F2N14O4. The zero-order valence-electron chi connectivity index (χ0n) is 45.1. The lowest BCUT2D eigenvalue weighted by Gasteiger charge is -2.47. The number of hydrogen-bond acceptors (Lipinski definition) is 16. The number of fused-ring (bicyclic) bond motifs is 1. The van der Waals surface area contributed by atoms with Crippen LogP contribution in [0.25, 0.3) is 33.5 Å². The number of piperazine rings is 2. The van der Waals surface area contributed by atoms with Gasteiger partial charge in [-0.05, 0) is 102 Å². The Labute approximate surface area is 441 Å². The van der Waals surface area contributed by atoms with Crippen LogP contribution in [0.5, 0.6) is 0 Å². The van der Waals surface area contributed by atoms with Crippen LogP contribution in [-0.4, -0.2) is 187 Å². The molecule has 75 heavy (non-hydrogen) atoms. The van der Waals surface area contributed by atoms with E-state index in [1.807, 2.05) is 51.2 Å². The number of nitrogens with zero attached hydrogens (tertiary/aromatic N) is 13. The van der Waals surface area contributed by atoms with Gasteiger partial charge in [-0.15, -0.1) is 5.10 Å². The number of carbonyl (C=O) groups is 2. The Morgan fingerprint density at radius 1 is 0.680 bits per heavy atom. The van der Waals surface area contributed by atoms with Crippen molar-refractivity contribution in [1.82, 2.24) is 49.5 Å². The van der Waals surface area contributed by atoms with E-state index in [0.29, 0.717) is 54.9 Å². The van der Waals surface area contributed by atoms with E-state index in [1.54, 1.807) is 36.9 Å². The highest BCUT2D eigenvalue weighted by molar-refractivity contribution is 5.84. The van der Waals surface area contributed by atoms with E-state index in [2.05, 4.69) is 83.2 Å². The summed E-state index contributed by atoms with van der Waals surface area (Å²) in [6.45, 7) is 22.0. The van der Waals surface area contributed by atoms with Gasteiger partial charge in [0.2, 0.25) is 0 Å². The van der Waals surface area contributed by atoms with Crippen LogP contribution >= 0.6 is 0 Å². The van der Waals surface area contributed by atoms with Crippen molar-refractivity contribution in [3.05, 3.63) is 72.7 Å². The first-order valence-corrected chi connectivity index (χ1v) is 26.7. The molecule has 20 heteroatoms. The van der Waals surface area contributed by atoms with E-state index >= 15 is 0 Å². The Hall–Kier alpha value is -6.22. The Morgan fingerprint density at radius 3 is 1.59 bits per heavy atom. The molecule has 406 valence electrons. The smallest absolute Gasteiger partial charge is 0.293 e. The van der Waals surface area contributed by atoms with Gasteiger partial charge in [-0.25, -0.2) is 23.4 Å². The number of halogens is 2. The summed E-state index contributed by atoms with van der Waals surface area (Å²) in [5.41, 5.74) is 13.4. The number of pyridine rings is 3. The number of ether oxygens (including phenoxy) is 2. The minimum atomic E-state index is -0.317. The molecule has 1 aromatic carbocycles. The van der Waals surface area contributed by atoms with E-state index in [4.69, 9.17) is 5.73 Å². The average molecular weight is 1040 g/mol. The lowest BCUT2D eigenvalue weighted by molar-refractivity contribution is -0.129. The Bertz CT molecular complexity index is 2640. The van der Waals surface area contributed by atoms with Gasteiger partial charge in [-0.3, -0.25) is 29.4 Å². The van der Waals surface area contributed by atoms with Gasteiger partial charge >= 0.3 is 0 Å². The lowest BCUT2D eigenvalue weighted by Crippen LogP contribution is -2.54. The second-order valence-corrected chi connectivity index (χ2v) is 20.4. The van der Waals surface area contributed by atoms with Crippen molar-refractivity contribution in [2.24, 2.45) is 28.6 Å². The third-order valence-electron chi connectivity index (χ3n) is 15.4. The highest BCUT2D eigenvalue weighted by Crippen LogP contribution is 2.48. The summed E-state index contributed by atoms with van der Waals surface area (Å²) in [4.78, 5) is 50.3. The van der Waals surface area contributed by atoms with Crippen LogP contribution < -0.4 is 15.5 Å². The number of nitrogens with two attached hydrogens (primary N) is 1. The van der Waals surface area contributed by atoms with Gasteiger partial charge in [0.15, 0.2) is 5.82 Å². The molecule has 4 saturated heterocycles. The monoisotopic (exact) mass is 1040 g/mol. The van der Waals surface area contributed by atoms with Crippen molar-refractivity contribution in [2.75, 3.05) is 116 Å². The Morgan fingerprint density at radius 2 is 1.16 bits per heavy atom. The molecule has 2 unspecified atom stereocenters. The number of likely N-dealkylation sites (tertiary alicyclic amines) is 2. The molecule has 0 radical (unpaired) electrons. The van der Waals surface area contributed by atoms with Crippen LogP contribution in [0, 0.1) is 22.5 Å². The molecule has 2 spiro atoms. The molecule has 6 aliphatic rings. The largest absolute Gasteiger partial charge is 0.468 e. The first-order valence-electron chi connectivity index (χ1n) is 26.7. The number of aromatic nitrogens is 6. The summed E-state index contributed by atoms with van der Waals surface area (Å²) in [6.07, 6.45) is 13.5. The van der Waals surface area contributed by atoms with Gasteiger partial charge in [0, 0.05) is 127 Å². The maximum Gasteiger partial charge on any atom is 0.293 e. The molecule has 6 fully saturated rings. The fourth-order valence-corrected chi connectivity index (χ4v) is 12.2. The molecule has 0 amide bonds. The molecule has 4 aliphatic heterocycles. The Kier molecular flexibility index (Phi) is 20.0. The molecule has 18 nitrogen and oxygen atoms in total. The van der Waals surface area contributed by atoms with Crippen molar-refractivity contribution in [2.45, 2.75) is 78.3 Å². The maximum atomic E-state index is 14.2. The van der Waals surface area contributed by atoms with Gasteiger partial charge in [0.1, 0.15) is 17.2 Å². The first-order chi connectivity index (χ1) is 36.4.